The molecule has 0 aliphatic carbocycles. The second-order valence-corrected chi connectivity index (χ2v) is 5.54. The highest BCUT2D eigenvalue weighted by atomic mass is 19.1. The van der Waals surface area contributed by atoms with Crippen molar-refractivity contribution in [3.05, 3.63) is 75.8 Å². The quantitative estimate of drug-likeness (QED) is 0.730. The van der Waals surface area contributed by atoms with Gasteiger partial charge in [0.05, 0.1) is 6.61 Å². The molecule has 5 heteroatoms. The summed E-state index contributed by atoms with van der Waals surface area (Å²) in [5, 5.41) is 4.14. The summed E-state index contributed by atoms with van der Waals surface area (Å²) in [6.07, 6.45) is 0. The van der Waals surface area contributed by atoms with Gasteiger partial charge in [0.15, 0.2) is 0 Å². The van der Waals surface area contributed by atoms with E-state index < -0.39 is 0 Å². The van der Waals surface area contributed by atoms with E-state index in [-0.39, 0.29) is 11.4 Å². The number of aromatic nitrogens is 1. The zero-order chi connectivity index (χ0) is 16.9. The highest BCUT2D eigenvalue weighted by molar-refractivity contribution is 5.80. The summed E-state index contributed by atoms with van der Waals surface area (Å²) < 4.78 is 18.4. The Balaban J connectivity index is 1.74. The van der Waals surface area contributed by atoms with Crippen molar-refractivity contribution in [2.75, 3.05) is 6.61 Å². The van der Waals surface area contributed by atoms with E-state index in [1.54, 1.807) is 12.1 Å². The molecule has 0 aliphatic rings. The largest absolute Gasteiger partial charge is 0.494 e. The Labute approximate surface area is 139 Å². The highest BCUT2D eigenvalue weighted by Gasteiger charge is 2.04. The lowest BCUT2D eigenvalue weighted by Gasteiger charge is -2.08. The molecule has 3 aromatic rings. The predicted molar refractivity (Wildman–Crippen MR) is 92.7 cm³/mol. The Morgan fingerprint density at radius 1 is 1.08 bits per heavy atom. The fourth-order valence-corrected chi connectivity index (χ4v) is 2.56. The molecule has 0 saturated carbocycles. The minimum absolute atomic E-state index is 0.113. The molecule has 0 unspecified atom stereocenters. The van der Waals surface area contributed by atoms with Crippen LogP contribution in [0.3, 0.4) is 0 Å². The van der Waals surface area contributed by atoms with Crippen LogP contribution in [0.4, 0.5) is 4.39 Å². The van der Waals surface area contributed by atoms with Crippen LogP contribution in [0, 0.1) is 5.82 Å². The van der Waals surface area contributed by atoms with Crippen molar-refractivity contribution in [1.82, 2.24) is 10.3 Å². The molecule has 0 atom stereocenters. The molecule has 1 aromatic heterocycles. The van der Waals surface area contributed by atoms with E-state index in [2.05, 4.69) is 10.3 Å². The second-order valence-electron chi connectivity index (χ2n) is 5.54. The molecule has 1 heterocycles. The van der Waals surface area contributed by atoms with E-state index >= 15 is 0 Å². The van der Waals surface area contributed by atoms with Crippen LogP contribution in [0.25, 0.3) is 10.9 Å². The number of benzene rings is 2. The molecule has 0 aliphatic heterocycles. The number of nitrogens with one attached hydrogen (secondary N) is 2. The summed E-state index contributed by atoms with van der Waals surface area (Å²) in [6, 6.07) is 13.8. The summed E-state index contributed by atoms with van der Waals surface area (Å²) in [5.41, 5.74) is 2.29. The van der Waals surface area contributed by atoms with Gasteiger partial charge >= 0.3 is 0 Å². The van der Waals surface area contributed by atoms with Crippen molar-refractivity contribution in [2.24, 2.45) is 0 Å². The van der Waals surface area contributed by atoms with Crippen LogP contribution in [0.1, 0.15) is 18.1 Å². The summed E-state index contributed by atoms with van der Waals surface area (Å²) >= 11 is 0. The third-order valence-corrected chi connectivity index (χ3v) is 3.76. The van der Waals surface area contributed by atoms with E-state index in [4.69, 9.17) is 4.74 Å². The summed E-state index contributed by atoms with van der Waals surface area (Å²) in [4.78, 5) is 15.0. The molecule has 0 saturated heterocycles. The van der Waals surface area contributed by atoms with Gasteiger partial charge in [0, 0.05) is 29.6 Å². The number of hydrogen-bond acceptors (Lipinski definition) is 3. The van der Waals surface area contributed by atoms with Crippen molar-refractivity contribution in [2.45, 2.75) is 20.0 Å². The van der Waals surface area contributed by atoms with Crippen LogP contribution in [-0.4, -0.2) is 11.6 Å². The molecule has 0 amide bonds. The Morgan fingerprint density at radius 3 is 2.62 bits per heavy atom. The van der Waals surface area contributed by atoms with Crippen molar-refractivity contribution >= 4 is 10.9 Å². The van der Waals surface area contributed by atoms with Gasteiger partial charge in [0.2, 0.25) is 0 Å². The summed E-state index contributed by atoms with van der Waals surface area (Å²) in [5.74, 6) is 0.525. The van der Waals surface area contributed by atoms with Crippen LogP contribution in [0.5, 0.6) is 5.75 Å². The van der Waals surface area contributed by atoms with Crippen LogP contribution in [0.2, 0.25) is 0 Å². The lowest BCUT2D eigenvalue weighted by molar-refractivity contribution is 0.340. The van der Waals surface area contributed by atoms with Gasteiger partial charge in [-0.05, 0) is 48.9 Å². The Morgan fingerprint density at radius 2 is 1.88 bits per heavy atom. The first-order valence-electron chi connectivity index (χ1n) is 7.89. The molecular weight excluding hydrogens is 307 g/mol. The monoisotopic (exact) mass is 326 g/mol. The maximum atomic E-state index is 12.9. The summed E-state index contributed by atoms with van der Waals surface area (Å²) in [6.45, 7) is 3.53. The van der Waals surface area contributed by atoms with Gasteiger partial charge in [-0.25, -0.2) is 4.39 Å². The van der Waals surface area contributed by atoms with Gasteiger partial charge in [0.1, 0.15) is 11.6 Å². The number of fused-ring (bicyclic) bond motifs is 1. The SMILES string of the molecule is CCOc1ccc2[nH]c(=O)c(CNCc3ccc(F)cc3)cc2c1. The second kappa shape index (κ2) is 7.27. The molecule has 2 N–H and O–H groups in total. The first-order valence-corrected chi connectivity index (χ1v) is 7.89. The van der Waals surface area contributed by atoms with E-state index in [9.17, 15) is 9.18 Å². The molecule has 0 radical (unpaired) electrons. The van der Waals surface area contributed by atoms with Gasteiger partial charge in [0.25, 0.3) is 5.56 Å². The predicted octanol–water partition coefficient (Wildman–Crippen LogP) is 3.36. The molecule has 3 rings (SSSR count). The van der Waals surface area contributed by atoms with Gasteiger partial charge in [-0.3, -0.25) is 4.79 Å². The average molecular weight is 326 g/mol. The first kappa shape index (κ1) is 16.2. The molecule has 0 spiro atoms. The van der Waals surface area contributed by atoms with Crippen LogP contribution in [0.15, 0.2) is 53.3 Å². The van der Waals surface area contributed by atoms with E-state index in [1.165, 1.54) is 12.1 Å². The van der Waals surface area contributed by atoms with Crippen LogP contribution >= 0.6 is 0 Å². The number of ether oxygens (including phenoxy) is 1. The molecule has 124 valence electrons. The van der Waals surface area contributed by atoms with Crippen LogP contribution in [-0.2, 0) is 13.1 Å². The number of hydrogen-bond donors (Lipinski definition) is 2. The Kier molecular flexibility index (Phi) is 4.91. The maximum absolute atomic E-state index is 12.9. The highest BCUT2D eigenvalue weighted by Crippen LogP contribution is 2.19. The average Bonchev–Trinajstić information content (AvgIpc) is 2.58. The molecular formula is C19H19FN2O2. The number of H-pyrrole nitrogens is 1. The van der Waals surface area contributed by atoms with Gasteiger partial charge in [-0.1, -0.05) is 12.1 Å². The van der Waals surface area contributed by atoms with Crippen molar-refractivity contribution < 1.29 is 9.13 Å². The minimum atomic E-state index is -0.255. The van der Waals surface area contributed by atoms with Crippen molar-refractivity contribution in [1.29, 1.82) is 0 Å². The van der Waals surface area contributed by atoms with E-state index in [0.29, 0.717) is 25.3 Å². The fraction of sp³-hybridized carbons (Fsp3) is 0.211. The number of halogens is 1. The first-order chi connectivity index (χ1) is 11.7. The molecule has 24 heavy (non-hydrogen) atoms. The van der Waals surface area contributed by atoms with Crippen molar-refractivity contribution in [3.63, 3.8) is 0 Å². The topological polar surface area (TPSA) is 54.1 Å². The zero-order valence-electron chi connectivity index (χ0n) is 13.4. The van der Waals surface area contributed by atoms with Crippen molar-refractivity contribution in [3.8, 4) is 5.75 Å². The van der Waals surface area contributed by atoms with E-state index in [0.717, 1.165) is 22.2 Å². The van der Waals surface area contributed by atoms with Gasteiger partial charge in [-0.15, -0.1) is 0 Å². The smallest absolute Gasteiger partial charge is 0.252 e. The lowest BCUT2D eigenvalue weighted by Crippen LogP contribution is -2.20. The third kappa shape index (κ3) is 3.81. The van der Waals surface area contributed by atoms with E-state index in [1.807, 2.05) is 31.2 Å². The normalized spacial score (nSPS) is 10.9. The van der Waals surface area contributed by atoms with Gasteiger partial charge < -0.3 is 15.0 Å². The molecule has 0 bridgehead atoms. The minimum Gasteiger partial charge on any atom is -0.494 e. The maximum Gasteiger partial charge on any atom is 0.252 e. The lowest BCUT2D eigenvalue weighted by atomic mass is 10.1. The number of rotatable bonds is 6. The summed E-state index contributed by atoms with van der Waals surface area (Å²) in [7, 11) is 0. The fourth-order valence-electron chi connectivity index (χ4n) is 2.56. The zero-order valence-corrected chi connectivity index (χ0v) is 13.4. The Bertz CT molecular complexity index is 888. The molecule has 2 aromatic carbocycles. The molecule has 0 fully saturated rings. The van der Waals surface area contributed by atoms with Gasteiger partial charge in [-0.2, -0.15) is 0 Å². The standard InChI is InChI=1S/C19H19FN2O2/c1-2-24-17-7-8-18-14(10-17)9-15(19(23)22-18)12-21-11-13-3-5-16(20)6-4-13/h3-10,21H,2,11-12H2,1H3,(H,22,23). The third-order valence-electron chi connectivity index (χ3n) is 3.76. The van der Waals surface area contributed by atoms with Crippen LogP contribution < -0.4 is 15.6 Å². The number of aromatic amines is 1. The number of pyridine rings is 1. The Hall–Kier alpha value is -2.66. The molecule has 4 nitrogen and oxygen atoms in total.